The number of nitrogens with one attached hydrogen (secondary N) is 1. The summed E-state index contributed by atoms with van der Waals surface area (Å²) in [5.74, 6) is -0.640. The number of halogens is 1. The molecule has 2 rings (SSSR count). The average molecular weight is 293 g/mol. The Morgan fingerprint density at radius 1 is 1.24 bits per heavy atom. The molecule has 1 heterocycles. The Bertz CT molecular complexity index is 544. The summed E-state index contributed by atoms with van der Waals surface area (Å²) < 4.78 is 25.7. The van der Waals surface area contributed by atoms with E-state index in [4.69, 9.17) is 9.31 Å². The highest BCUT2D eigenvalue weighted by molar-refractivity contribution is 6.62. The van der Waals surface area contributed by atoms with Crippen molar-refractivity contribution in [3.8, 4) is 0 Å². The summed E-state index contributed by atoms with van der Waals surface area (Å²) in [6.45, 7) is 7.84. The second-order valence-corrected chi connectivity index (χ2v) is 6.29. The number of carbonyl (C=O) groups is 1. The van der Waals surface area contributed by atoms with Gasteiger partial charge >= 0.3 is 7.12 Å². The summed E-state index contributed by atoms with van der Waals surface area (Å²) in [5.41, 5.74) is 0.149. The summed E-state index contributed by atoms with van der Waals surface area (Å²) in [4.78, 5) is 11.4. The summed E-state index contributed by atoms with van der Waals surface area (Å²) in [6, 6.07) is 4.61. The minimum atomic E-state index is -0.556. The normalized spacial score (nSPS) is 19.6. The van der Waals surface area contributed by atoms with E-state index >= 15 is 0 Å². The van der Waals surface area contributed by atoms with Crippen molar-refractivity contribution < 1.29 is 18.5 Å². The van der Waals surface area contributed by atoms with Crippen LogP contribution in [0.2, 0.25) is 0 Å². The third-order valence-corrected chi connectivity index (χ3v) is 4.23. The van der Waals surface area contributed by atoms with E-state index in [0.29, 0.717) is 11.0 Å². The van der Waals surface area contributed by atoms with Crippen LogP contribution in [0.1, 0.15) is 33.3 Å². The van der Waals surface area contributed by atoms with Crippen LogP contribution in [0, 0.1) is 5.82 Å². The fourth-order valence-corrected chi connectivity index (χ4v) is 2.12. The molecule has 6 heteroatoms. The molecule has 1 aliphatic rings. The van der Waals surface area contributed by atoms with Crippen LogP contribution < -0.4 is 10.8 Å². The molecule has 1 aliphatic heterocycles. The van der Waals surface area contributed by atoms with E-state index in [1.807, 2.05) is 27.7 Å². The SMILES string of the molecule is CNC(=O)Cc1cc(B2OC(C)(C)C(C)(C)O2)ccc1F. The average Bonchev–Trinajstić information content (AvgIpc) is 2.61. The van der Waals surface area contributed by atoms with Crippen molar-refractivity contribution >= 4 is 18.5 Å². The molecule has 0 spiro atoms. The zero-order chi connectivity index (χ0) is 15.8. The van der Waals surface area contributed by atoms with Crippen molar-refractivity contribution in [1.82, 2.24) is 5.32 Å². The predicted octanol–water partition coefficient (Wildman–Crippen LogP) is 1.41. The number of hydrogen-bond donors (Lipinski definition) is 1. The highest BCUT2D eigenvalue weighted by Crippen LogP contribution is 2.36. The van der Waals surface area contributed by atoms with E-state index < -0.39 is 24.1 Å². The van der Waals surface area contributed by atoms with Crippen LogP contribution in [0.15, 0.2) is 18.2 Å². The third-order valence-electron chi connectivity index (χ3n) is 4.23. The highest BCUT2D eigenvalue weighted by Gasteiger charge is 2.51. The maximum Gasteiger partial charge on any atom is 0.494 e. The minimum absolute atomic E-state index is 0.00429. The van der Waals surface area contributed by atoms with Crippen LogP contribution >= 0.6 is 0 Å². The van der Waals surface area contributed by atoms with Crippen molar-refractivity contribution in [2.75, 3.05) is 7.05 Å². The zero-order valence-electron chi connectivity index (χ0n) is 13.1. The van der Waals surface area contributed by atoms with Gasteiger partial charge in [-0.3, -0.25) is 4.79 Å². The quantitative estimate of drug-likeness (QED) is 0.857. The van der Waals surface area contributed by atoms with Crippen molar-refractivity contribution in [3.05, 3.63) is 29.6 Å². The summed E-state index contributed by atoms with van der Waals surface area (Å²) in [5, 5.41) is 2.49. The summed E-state index contributed by atoms with van der Waals surface area (Å²) >= 11 is 0. The van der Waals surface area contributed by atoms with Crippen molar-refractivity contribution in [3.63, 3.8) is 0 Å². The smallest absolute Gasteiger partial charge is 0.399 e. The van der Waals surface area contributed by atoms with Gasteiger partial charge in [-0.05, 0) is 44.8 Å². The lowest BCUT2D eigenvalue weighted by Crippen LogP contribution is -2.41. The van der Waals surface area contributed by atoms with E-state index in [1.54, 1.807) is 12.1 Å². The number of likely N-dealkylation sites (N-methyl/N-ethyl adjacent to an activating group) is 1. The Labute approximate surface area is 125 Å². The van der Waals surface area contributed by atoms with Gasteiger partial charge in [-0.2, -0.15) is 0 Å². The molecule has 114 valence electrons. The maximum atomic E-state index is 13.8. The maximum absolute atomic E-state index is 13.8. The first-order valence-electron chi connectivity index (χ1n) is 7.01. The molecule has 0 radical (unpaired) electrons. The molecule has 1 fully saturated rings. The highest BCUT2D eigenvalue weighted by atomic mass is 19.1. The van der Waals surface area contributed by atoms with E-state index in [9.17, 15) is 9.18 Å². The Kier molecular flexibility index (Phi) is 4.13. The lowest BCUT2D eigenvalue weighted by Gasteiger charge is -2.32. The number of amides is 1. The topological polar surface area (TPSA) is 47.6 Å². The molecule has 21 heavy (non-hydrogen) atoms. The second kappa shape index (κ2) is 5.42. The van der Waals surface area contributed by atoms with E-state index in [-0.39, 0.29) is 12.3 Å². The molecule has 1 aromatic rings. The minimum Gasteiger partial charge on any atom is -0.399 e. The third kappa shape index (κ3) is 3.11. The number of carbonyl (C=O) groups excluding carboxylic acids is 1. The molecule has 0 aromatic heterocycles. The fraction of sp³-hybridized carbons (Fsp3) is 0.533. The van der Waals surface area contributed by atoms with E-state index in [2.05, 4.69) is 5.32 Å². The number of hydrogen-bond acceptors (Lipinski definition) is 3. The van der Waals surface area contributed by atoms with Crippen LogP contribution in [-0.2, 0) is 20.5 Å². The molecule has 0 unspecified atom stereocenters. The fourth-order valence-electron chi connectivity index (χ4n) is 2.12. The largest absolute Gasteiger partial charge is 0.494 e. The van der Waals surface area contributed by atoms with Crippen molar-refractivity contribution in [1.29, 1.82) is 0 Å². The molecule has 4 nitrogen and oxygen atoms in total. The Morgan fingerprint density at radius 3 is 2.33 bits per heavy atom. The van der Waals surface area contributed by atoms with Gasteiger partial charge in [-0.25, -0.2) is 4.39 Å². The van der Waals surface area contributed by atoms with Crippen LogP contribution in [-0.4, -0.2) is 31.3 Å². The molecule has 0 bridgehead atoms. The van der Waals surface area contributed by atoms with Gasteiger partial charge in [0.15, 0.2) is 0 Å². The molecule has 0 saturated carbocycles. The van der Waals surface area contributed by atoms with Crippen LogP contribution in [0.25, 0.3) is 0 Å². The molecule has 1 N–H and O–H groups in total. The predicted molar refractivity (Wildman–Crippen MR) is 79.9 cm³/mol. The monoisotopic (exact) mass is 293 g/mol. The lowest BCUT2D eigenvalue weighted by atomic mass is 9.78. The first-order chi connectivity index (χ1) is 9.66. The number of benzene rings is 1. The van der Waals surface area contributed by atoms with Crippen molar-refractivity contribution in [2.45, 2.75) is 45.3 Å². The van der Waals surface area contributed by atoms with Crippen molar-refractivity contribution in [2.24, 2.45) is 0 Å². The van der Waals surface area contributed by atoms with E-state index in [1.165, 1.54) is 13.1 Å². The molecule has 1 aromatic carbocycles. The van der Waals surface area contributed by atoms with Crippen LogP contribution in [0.5, 0.6) is 0 Å². The standard InChI is InChI=1S/C15H21BFNO3/c1-14(2)15(3,4)21-16(20-14)11-6-7-12(17)10(8-11)9-13(19)18-5/h6-8H,9H2,1-5H3,(H,18,19). The van der Waals surface area contributed by atoms with Gasteiger partial charge in [-0.1, -0.05) is 12.1 Å². The van der Waals surface area contributed by atoms with Crippen LogP contribution in [0.4, 0.5) is 4.39 Å². The molecule has 0 aliphatic carbocycles. The van der Waals surface area contributed by atoms with Gasteiger partial charge in [0.05, 0.1) is 17.6 Å². The first kappa shape index (κ1) is 16.0. The van der Waals surface area contributed by atoms with Gasteiger partial charge in [0.2, 0.25) is 5.91 Å². The lowest BCUT2D eigenvalue weighted by molar-refractivity contribution is -0.120. The molecule has 1 amide bonds. The first-order valence-corrected chi connectivity index (χ1v) is 7.01. The molecule has 1 saturated heterocycles. The van der Waals surface area contributed by atoms with Gasteiger partial charge in [0, 0.05) is 7.05 Å². The molecular formula is C15H21BFNO3. The Morgan fingerprint density at radius 2 is 1.81 bits per heavy atom. The summed E-state index contributed by atoms with van der Waals surface area (Å²) in [6.07, 6.45) is -0.00429. The Hall–Kier alpha value is -1.40. The Balaban J connectivity index is 2.26. The zero-order valence-corrected chi connectivity index (χ0v) is 13.1. The molecular weight excluding hydrogens is 272 g/mol. The van der Waals surface area contributed by atoms with Gasteiger partial charge < -0.3 is 14.6 Å². The van der Waals surface area contributed by atoms with Gasteiger partial charge in [0.25, 0.3) is 0 Å². The van der Waals surface area contributed by atoms with Crippen LogP contribution in [0.3, 0.4) is 0 Å². The summed E-state index contributed by atoms with van der Waals surface area (Å²) in [7, 11) is 0.970. The molecule has 0 atom stereocenters. The second-order valence-electron chi connectivity index (χ2n) is 6.29. The van der Waals surface area contributed by atoms with Gasteiger partial charge in [-0.15, -0.1) is 0 Å². The van der Waals surface area contributed by atoms with E-state index in [0.717, 1.165) is 0 Å². The number of rotatable bonds is 3. The van der Waals surface area contributed by atoms with Gasteiger partial charge in [0.1, 0.15) is 5.82 Å².